The summed E-state index contributed by atoms with van der Waals surface area (Å²) in [5, 5.41) is 4.12. The number of nitrogens with zero attached hydrogens (tertiary/aromatic N) is 1. The lowest BCUT2D eigenvalue weighted by Gasteiger charge is -2.26. The fraction of sp³-hybridized carbons (Fsp3) is 0.562. The zero-order valence-corrected chi connectivity index (χ0v) is 13.4. The van der Waals surface area contributed by atoms with Crippen molar-refractivity contribution in [2.45, 2.75) is 25.8 Å². The molecule has 2 rings (SSSR count). The molecular weight excluding hydrogens is 288 g/mol. The second-order valence-electron chi connectivity index (χ2n) is 5.50. The SMILES string of the molecule is COCCN(CC1CCCN1)C(=O)c1ccc(Cl)c(C)c1. The number of rotatable bonds is 6. The average Bonchev–Trinajstić information content (AvgIpc) is 2.98. The minimum atomic E-state index is 0.0421. The number of hydrogen-bond donors (Lipinski definition) is 1. The van der Waals surface area contributed by atoms with Gasteiger partial charge in [0.1, 0.15) is 0 Å². The van der Waals surface area contributed by atoms with Crippen molar-refractivity contribution in [2.75, 3.05) is 33.4 Å². The predicted octanol–water partition coefficient (Wildman–Crippen LogP) is 2.49. The summed E-state index contributed by atoms with van der Waals surface area (Å²) in [6.07, 6.45) is 2.30. The van der Waals surface area contributed by atoms with Crippen LogP contribution < -0.4 is 5.32 Å². The van der Waals surface area contributed by atoms with Gasteiger partial charge in [0.2, 0.25) is 0 Å². The molecule has 1 saturated heterocycles. The molecule has 0 bridgehead atoms. The lowest BCUT2D eigenvalue weighted by molar-refractivity contribution is 0.0679. The average molecular weight is 311 g/mol. The monoisotopic (exact) mass is 310 g/mol. The van der Waals surface area contributed by atoms with Crippen molar-refractivity contribution in [3.05, 3.63) is 34.3 Å². The maximum Gasteiger partial charge on any atom is 0.253 e. The van der Waals surface area contributed by atoms with Crippen molar-refractivity contribution in [1.29, 1.82) is 0 Å². The van der Waals surface area contributed by atoms with E-state index < -0.39 is 0 Å². The molecule has 1 N–H and O–H groups in total. The van der Waals surface area contributed by atoms with Crippen LogP contribution in [0.5, 0.6) is 0 Å². The Morgan fingerprint density at radius 1 is 1.52 bits per heavy atom. The standard InChI is InChI=1S/C16H23ClN2O2/c1-12-10-13(5-6-15(12)17)16(20)19(8-9-21-2)11-14-4-3-7-18-14/h5-6,10,14,18H,3-4,7-9,11H2,1-2H3. The van der Waals surface area contributed by atoms with Crippen molar-refractivity contribution in [3.63, 3.8) is 0 Å². The molecule has 1 aliphatic heterocycles. The van der Waals surface area contributed by atoms with Gasteiger partial charge in [-0.15, -0.1) is 0 Å². The zero-order valence-electron chi connectivity index (χ0n) is 12.7. The van der Waals surface area contributed by atoms with Crippen LogP contribution in [0.25, 0.3) is 0 Å². The topological polar surface area (TPSA) is 41.6 Å². The van der Waals surface area contributed by atoms with E-state index >= 15 is 0 Å². The van der Waals surface area contributed by atoms with Gasteiger partial charge in [0, 0.05) is 36.8 Å². The van der Waals surface area contributed by atoms with Crippen LogP contribution >= 0.6 is 11.6 Å². The molecule has 1 amide bonds. The van der Waals surface area contributed by atoms with Crippen LogP contribution in [0.15, 0.2) is 18.2 Å². The Balaban J connectivity index is 2.09. The second kappa shape index (κ2) is 7.78. The Morgan fingerprint density at radius 3 is 2.95 bits per heavy atom. The minimum absolute atomic E-state index is 0.0421. The minimum Gasteiger partial charge on any atom is -0.383 e. The molecule has 21 heavy (non-hydrogen) atoms. The molecule has 4 nitrogen and oxygen atoms in total. The number of carbonyl (C=O) groups excluding carboxylic acids is 1. The van der Waals surface area contributed by atoms with E-state index in [2.05, 4.69) is 5.32 Å². The first-order chi connectivity index (χ1) is 10.1. The Bertz CT molecular complexity index is 487. The number of halogens is 1. The fourth-order valence-corrected chi connectivity index (χ4v) is 2.73. The summed E-state index contributed by atoms with van der Waals surface area (Å²) in [7, 11) is 1.66. The lowest BCUT2D eigenvalue weighted by Crippen LogP contribution is -2.42. The summed E-state index contributed by atoms with van der Waals surface area (Å²) >= 11 is 6.03. The molecule has 1 unspecified atom stereocenters. The first kappa shape index (κ1) is 16.3. The summed E-state index contributed by atoms with van der Waals surface area (Å²) in [5.41, 5.74) is 1.61. The Labute approximate surface area is 131 Å². The first-order valence-electron chi connectivity index (χ1n) is 7.39. The smallest absolute Gasteiger partial charge is 0.253 e. The number of nitrogens with one attached hydrogen (secondary N) is 1. The van der Waals surface area contributed by atoms with Crippen molar-refractivity contribution in [3.8, 4) is 0 Å². The van der Waals surface area contributed by atoms with Gasteiger partial charge in [0.15, 0.2) is 0 Å². The Hall–Kier alpha value is -1.10. The van der Waals surface area contributed by atoms with E-state index in [-0.39, 0.29) is 5.91 Å². The highest BCUT2D eigenvalue weighted by Crippen LogP contribution is 2.18. The normalized spacial score (nSPS) is 18.0. The highest BCUT2D eigenvalue weighted by molar-refractivity contribution is 6.31. The molecule has 1 aromatic carbocycles. The van der Waals surface area contributed by atoms with Gasteiger partial charge in [-0.05, 0) is 50.1 Å². The Morgan fingerprint density at radius 2 is 2.33 bits per heavy atom. The van der Waals surface area contributed by atoms with E-state index in [9.17, 15) is 4.79 Å². The van der Waals surface area contributed by atoms with Gasteiger partial charge in [0.05, 0.1) is 6.61 Å². The molecule has 0 aromatic heterocycles. The van der Waals surface area contributed by atoms with Crippen molar-refractivity contribution in [1.82, 2.24) is 10.2 Å². The molecule has 1 aliphatic rings. The maximum atomic E-state index is 12.7. The van der Waals surface area contributed by atoms with Crippen LogP contribution in [0.3, 0.4) is 0 Å². The first-order valence-corrected chi connectivity index (χ1v) is 7.77. The van der Waals surface area contributed by atoms with Gasteiger partial charge >= 0.3 is 0 Å². The van der Waals surface area contributed by atoms with Crippen LogP contribution in [-0.4, -0.2) is 50.2 Å². The maximum absolute atomic E-state index is 12.7. The van der Waals surface area contributed by atoms with Gasteiger partial charge < -0.3 is 15.0 Å². The highest BCUT2D eigenvalue weighted by Gasteiger charge is 2.22. The molecule has 1 aromatic rings. The molecule has 116 valence electrons. The lowest BCUT2D eigenvalue weighted by atomic mass is 10.1. The van der Waals surface area contributed by atoms with Gasteiger partial charge in [-0.2, -0.15) is 0 Å². The highest BCUT2D eigenvalue weighted by atomic mass is 35.5. The van der Waals surface area contributed by atoms with Crippen LogP contribution in [-0.2, 0) is 4.74 Å². The third-order valence-corrected chi connectivity index (χ3v) is 4.28. The quantitative estimate of drug-likeness (QED) is 0.877. The van der Waals surface area contributed by atoms with Crippen molar-refractivity contribution < 1.29 is 9.53 Å². The predicted molar refractivity (Wildman–Crippen MR) is 85.0 cm³/mol. The van der Waals surface area contributed by atoms with Crippen molar-refractivity contribution >= 4 is 17.5 Å². The van der Waals surface area contributed by atoms with Gasteiger partial charge in [-0.25, -0.2) is 0 Å². The van der Waals surface area contributed by atoms with Crippen LogP contribution in [0, 0.1) is 6.92 Å². The summed E-state index contributed by atoms with van der Waals surface area (Å²) in [6, 6.07) is 5.82. The van der Waals surface area contributed by atoms with E-state index in [1.165, 1.54) is 6.42 Å². The number of hydrogen-bond acceptors (Lipinski definition) is 3. The van der Waals surface area contributed by atoms with Gasteiger partial charge in [-0.3, -0.25) is 4.79 Å². The number of benzene rings is 1. The summed E-state index contributed by atoms with van der Waals surface area (Å²) in [6.45, 7) is 4.83. The van der Waals surface area contributed by atoms with Crippen LogP contribution in [0.1, 0.15) is 28.8 Å². The molecule has 1 heterocycles. The summed E-state index contributed by atoms with van der Waals surface area (Å²) in [4.78, 5) is 14.6. The fourth-order valence-electron chi connectivity index (χ4n) is 2.62. The molecular formula is C16H23ClN2O2. The third-order valence-electron chi connectivity index (χ3n) is 3.86. The van der Waals surface area contributed by atoms with Crippen molar-refractivity contribution in [2.24, 2.45) is 0 Å². The number of methoxy groups -OCH3 is 1. The summed E-state index contributed by atoms with van der Waals surface area (Å²) < 4.78 is 5.13. The molecule has 1 fully saturated rings. The molecule has 5 heteroatoms. The number of aryl methyl sites for hydroxylation is 1. The molecule has 0 radical (unpaired) electrons. The molecule has 1 atom stereocenters. The number of carbonyl (C=O) groups is 1. The van der Waals surface area contributed by atoms with Crippen LogP contribution in [0.4, 0.5) is 0 Å². The van der Waals surface area contributed by atoms with Gasteiger partial charge in [-0.1, -0.05) is 11.6 Å². The molecule has 0 saturated carbocycles. The van der Waals surface area contributed by atoms with E-state index in [1.54, 1.807) is 19.2 Å². The molecule has 0 spiro atoms. The molecule has 0 aliphatic carbocycles. The van der Waals surface area contributed by atoms with E-state index in [4.69, 9.17) is 16.3 Å². The van der Waals surface area contributed by atoms with E-state index in [1.807, 2.05) is 17.9 Å². The van der Waals surface area contributed by atoms with Crippen LogP contribution in [0.2, 0.25) is 5.02 Å². The largest absolute Gasteiger partial charge is 0.383 e. The second-order valence-corrected chi connectivity index (χ2v) is 5.91. The number of amides is 1. The van der Waals surface area contributed by atoms with Gasteiger partial charge in [0.25, 0.3) is 5.91 Å². The third kappa shape index (κ3) is 4.43. The zero-order chi connectivity index (χ0) is 15.2. The van der Waals surface area contributed by atoms with E-state index in [0.717, 1.165) is 25.1 Å². The van der Waals surface area contributed by atoms with E-state index in [0.29, 0.717) is 29.8 Å². The number of ether oxygens (including phenoxy) is 1. The Kier molecular flexibility index (Phi) is 6.03. The summed E-state index contributed by atoms with van der Waals surface area (Å²) in [5.74, 6) is 0.0421.